The molecule has 1 aliphatic carbocycles. The van der Waals surface area contributed by atoms with Gasteiger partial charge in [-0.15, -0.1) is 0 Å². The Morgan fingerprint density at radius 1 is 1.00 bits per heavy atom. The van der Waals surface area contributed by atoms with Gasteiger partial charge in [-0.25, -0.2) is 9.78 Å². The fourth-order valence-corrected chi connectivity index (χ4v) is 4.27. The van der Waals surface area contributed by atoms with Gasteiger partial charge in [0.05, 0.1) is 7.11 Å². The largest absolute Gasteiger partial charge is 0.481 e. The molecule has 0 saturated heterocycles. The number of fused-ring (bicyclic) bond motifs is 3. The molecule has 0 aliphatic heterocycles. The second-order valence-corrected chi connectivity index (χ2v) is 7.97. The Kier molecular flexibility index (Phi) is 6.88. The van der Waals surface area contributed by atoms with Gasteiger partial charge in [0, 0.05) is 36.6 Å². The summed E-state index contributed by atoms with van der Waals surface area (Å²) in [4.78, 5) is 28.1. The van der Waals surface area contributed by atoms with Crippen LogP contribution >= 0.6 is 0 Å². The maximum Gasteiger partial charge on any atom is 0.407 e. The Labute approximate surface area is 192 Å². The average Bonchev–Trinajstić information content (AvgIpc) is 3.15. The van der Waals surface area contributed by atoms with Gasteiger partial charge < -0.3 is 19.9 Å². The van der Waals surface area contributed by atoms with Gasteiger partial charge in [-0.3, -0.25) is 4.79 Å². The number of ether oxygens (including phenoxy) is 2. The van der Waals surface area contributed by atoms with Crippen molar-refractivity contribution in [3.8, 4) is 17.0 Å². The smallest absolute Gasteiger partial charge is 0.407 e. The first-order valence-corrected chi connectivity index (χ1v) is 10.9. The van der Waals surface area contributed by atoms with Gasteiger partial charge in [0.15, 0.2) is 0 Å². The number of alkyl carbamates (subject to hydrolysis) is 1. The normalized spacial score (nSPS) is 13.0. The molecule has 1 heterocycles. The molecule has 1 atom stereocenters. The number of methoxy groups -OCH3 is 1. The van der Waals surface area contributed by atoms with Crippen LogP contribution in [0, 0.1) is 0 Å². The molecule has 7 heteroatoms. The van der Waals surface area contributed by atoms with Gasteiger partial charge in [0.2, 0.25) is 5.88 Å². The summed E-state index contributed by atoms with van der Waals surface area (Å²) in [6, 6.07) is 21.2. The van der Waals surface area contributed by atoms with Crippen LogP contribution in [0.4, 0.5) is 4.79 Å². The van der Waals surface area contributed by atoms with Crippen LogP contribution in [-0.2, 0) is 16.0 Å². The molecule has 4 rings (SSSR count). The maximum absolute atomic E-state index is 12.7. The highest BCUT2D eigenvalue weighted by Gasteiger charge is 2.29. The number of benzene rings is 2. The Morgan fingerprint density at radius 2 is 1.67 bits per heavy atom. The van der Waals surface area contributed by atoms with Crippen LogP contribution in [-0.4, -0.2) is 41.9 Å². The third kappa shape index (κ3) is 5.31. The number of carboxylic acid groups (broad SMARTS) is 1. The predicted molar refractivity (Wildman–Crippen MR) is 123 cm³/mol. The molecule has 170 valence electrons. The van der Waals surface area contributed by atoms with Crippen LogP contribution in [0.15, 0.2) is 66.7 Å². The van der Waals surface area contributed by atoms with Crippen molar-refractivity contribution >= 4 is 12.1 Å². The number of rotatable bonds is 9. The number of aliphatic carboxylic acids is 1. The van der Waals surface area contributed by atoms with Gasteiger partial charge in [-0.2, -0.15) is 0 Å². The molecule has 7 nitrogen and oxygen atoms in total. The van der Waals surface area contributed by atoms with Crippen LogP contribution in [0.25, 0.3) is 11.1 Å². The molecule has 1 aromatic heterocycles. The van der Waals surface area contributed by atoms with Gasteiger partial charge in [0.25, 0.3) is 0 Å². The number of pyridine rings is 1. The highest BCUT2D eigenvalue weighted by molar-refractivity contribution is 5.79. The fraction of sp³-hybridized carbons (Fsp3) is 0.269. The summed E-state index contributed by atoms with van der Waals surface area (Å²) in [7, 11) is 1.53. The van der Waals surface area contributed by atoms with E-state index in [0.717, 1.165) is 22.3 Å². The Hall–Kier alpha value is -3.87. The van der Waals surface area contributed by atoms with Crippen molar-refractivity contribution in [2.24, 2.45) is 0 Å². The van der Waals surface area contributed by atoms with Crippen molar-refractivity contribution < 1.29 is 24.2 Å². The first-order valence-electron chi connectivity index (χ1n) is 10.9. The summed E-state index contributed by atoms with van der Waals surface area (Å²) < 4.78 is 10.8. The summed E-state index contributed by atoms with van der Waals surface area (Å²) in [6.45, 7) is 0.197. The lowest BCUT2D eigenvalue weighted by molar-refractivity contribution is -0.137. The average molecular weight is 447 g/mol. The number of nitrogens with one attached hydrogen (secondary N) is 1. The Bertz CT molecular complexity index is 1100. The lowest BCUT2D eigenvalue weighted by Crippen LogP contribution is -2.38. The highest BCUT2D eigenvalue weighted by atomic mass is 16.5. The van der Waals surface area contributed by atoms with E-state index in [2.05, 4.69) is 34.6 Å². The molecule has 33 heavy (non-hydrogen) atoms. The molecule has 0 saturated carbocycles. The monoisotopic (exact) mass is 446 g/mol. The standard InChI is InChI=1S/C26H26N2O5/c1-32-24-12-6-7-17(27-24)15-18(13-14-25(29)30)28-26(31)33-16-23-21-10-4-2-8-19(21)20-9-3-5-11-22(20)23/h2-12,18,23H,13-16H2,1H3,(H,28,31)(H,29,30). The van der Waals surface area contributed by atoms with E-state index in [9.17, 15) is 9.59 Å². The SMILES string of the molecule is COc1cccc(CC(CCC(=O)O)NC(=O)OCC2c3ccccc3-c3ccccc32)n1. The summed E-state index contributed by atoms with van der Waals surface area (Å²) in [5.74, 6) is -0.501. The molecule has 1 amide bonds. The van der Waals surface area contributed by atoms with E-state index in [1.165, 1.54) is 7.11 Å². The van der Waals surface area contributed by atoms with Crippen LogP contribution in [0.1, 0.15) is 35.6 Å². The molecule has 0 fully saturated rings. The van der Waals surface area contributed by atoms with Crippen LogP contribution < -0.4 is 10.1 Å². The van der Waals surface area contributed by atoms with Crippen LogP contribution in [0.5, 0.6) is 5.88 Å². The molecule has 0 spiro atoms. The first kappa shape index (κ1) is 22.3. The molecule has 2 N–H and O–H groups in total. The van der Waals surface area contributed by atoms with Crippen LogP contribution in [0.3, 0.4) is 0 Å². The first-order chi connectivity index (χ1) is 16.0. The van der Waals surface area contributed by atoms with E-state index in [1.807, 2.05) is 36.4 Å². The molecular weight excluding hydrogens is 420 g/mol. The summed E-state index contributed by atoms with van der Waals surface area (Å²) in [5.41, 5.74) is 5.28. The van der Waals surface area contributed by atoms with E-state index in [1.54, 1.807) is 6.07 Å². The number of hydrogen-bond acceptors (Lipinski definition) is 5. The van der Waals surface area contributed by atoms with Crippen molar-refractivity contribution in [3.05, 3.63) is 83.6 Å². The Morgan fingerprint density at radius 3 is 2.30 bits per heavy atom. The zero-order chi connectivity index (χ0) is 23.2. The van der Waals surface area contributed by atoms with Crippen molar-refractivity contribution in [1.82, 2.24) is 10.3 Å². The lowest BCUT2D eigenvalue weighted by atomic mass is 9.98. The number of carbonyl (C=O) groups excluding carboxylic acids is 1. The molecular formula is C26H26N2O5. The van der Waals surface area contributed by atoms with Crippen LogP contribution in [0.2, 0.25) is 0 Å². The van der Waals surface area contributed by atoms with E-state index in [0.29, 0.717) is 18.0 Å². The minimum absolute atomic E-state index is 0.0410. The fourth-order valence-electron chi connectivity index (χ4n) is 4.27. The third-order valence-electron chi connectivity index (χ3n) is 5.82. The second-order valence-electron chi connectivity index (χ2n) is 7.97. The van der Waals surface area contributed by atoms with Crippen molar-refractivity contribution in [2.45, 2.75) is 31.2 Å². The van der Waals surface area contributed by atoms with E-state index < -0.39 is 18.1 Å². The van der Waals surface area contributed by atoms with Crippen molar-refractivity contribution in [1.29, 1.82) is 0 Å². The maximum atomic E-state index is 12.7. The van der Waals surface area contributed by atoms with Gasteiger partial charge in [-0.05, 0) is 34.7 Å². The van der Waals surface area contributed by atoms with Crippen molar-refractivity contribution in [3.63, 3.8) is 0 Å². The molecule has 2 aromatic carbocycles. The summed E-state index contributed by atoms with van der Waals surface area (Å²) >= 11 is 0. The third-order valence-corrected chi connectivity index (χ3v) is 5.82. The molecule has 0 bridgehead atoms. The predicted octanol–water partition coefficient (Wildman–Crippen LogP) is 4.40. The number of nitrogens with zero attached hydrogens (tertiary/aromatic N) is 1. The molecule has 3 aromatic rings. The number of aromatic nitrogens is 1. The number of hydrogen-bond donors (Lipinski definition) is 2. The minimum Gasteiger partial charge on any atom is -0.481 e. The zero-order valence-corrected chi connectivity index (χ0v) is 18.4. The summed E-state index contributed by atoms with van der Waals surface area (Å²) in [5, 5.41) is 11.9. The van der Waals surface area contributed by atoms with E-state index >= 15 is 0 Å². The Balaban J connectivity index is 1.42. The number of carboxylic acids is 1. The van der Waals surface area contributed by atoms with E-state index in [4.69, 9.17) is 14.6 Å². The second kappa shape index (κ2) is 10.2. The highest BCUT2D eigenvalue weighted by Crippen LogP contribution is 2.44. The van der Waals surface area contributed by atoms with Gasteiger partial charge >= 0.3 is 12.1 Å². The molecule has 1 unspecified atom stereocenters. The lowest BCUT2D eigenvalue weighted by Gasteiger charge is -2.19. The van der Waals surface area contributed by atoms with Crippen molar-refractivity contribution in [2.75, 3.05) is 13.7 Å². The van der Waals surface area contributed by atoms with Gasteiger partial charge in [0.1, 0.15) is 6.61 Å². The van der Waals surface area contributed by atoms with E-state index in [-0.39, 0.29) is 25.4 Å². The number of amides is 1. The topological polar surface area (TPSA) is 97.8 Å². The molecule has 1 aliphatic rings. The minimum atomic E-state index is -0.923. The molecule has 0 radical (unpaired) electrons. The quantitative estimate of drug-likeness (QED) is 0.505. The van der Waals surface area contributed by atoms with Gasteiger partial charge in [-0.1, -0.05) is 54.6 Å². The zero-order valence-electron chi connectivity index (χ0n) is 18.4. The summed E-state index contributed by atoms with van der Waals surface area (Å²) in [6.07, 6.45) is -0.0130. The number of carbonyl (C=O) groups is 2.